The van der Waals surface area contributed by atoms with Crippen molar-refractivity contribution in [1.29, 1.82) is 0 Å². The van der Waals surface area contributed by atoms with Gasteiger partial charge in [0.25, 0.3) is 11.6 Å². The fourth-order valence-electron chi connectivity index (χ4n) is 3.63. The maximum absolute atomic E-state index is 13.8. The largest absolute Gasteiger partial charge is 0.418 e. The molecule has 0 unspecified atom stereocenters. The predicted molar refractivity (Wildman–Crippen MR) is 126 cm³/mol. The number of carbonyl (C=O) groups is 1. The molecule has 0 radical (unpaired) electrons. The molecule has 3 aromatic carbocycles. The minimum atomic E-state index is -4.64. The van der Waals surface area contributed by atoms with Crippen LogP contribution in [0.25, 0.3) is 0 Å². The van der Waals surface area contributed by atoms with Crippen LogP contribution in [0.3, 0.4) is 0 Å². The molecule has 0 saturated carbocycles. The third kappa shape index (κ3) is 5.92. The number of carbonyl (C=O) groups excluding carboxylic acids is 1. The Balaban J connectivity index is 1.58. The smallest absolute Gasteiger partial charge is 0.378 e. The fourth-order valence-corrected chi connectivity index (χ4v) is 4.55. The maximum Gasteiger partial charge on any atom is 0.418 e. The molecule has 35 heavy (non-hydrogen) atoms. The van der Waals surface area contributed by atoms with Crippen LogP contribution >= 0.6 is 11.8 Å². The van der Waals surface area contributed by atoms with E-state index >= 15 is 0 Å². The Labute approximate surface area is 203 Å². The van der Waals surface area contributed by atoms with Gasteiger partial charge in [0, 0.05) is 41.0 Å². The van der Waals surface area contributed by atoms with E-state index in [9.17, 15) is 28.1 Å². The van der Waals surface area contributed by atoms with Gasteiger partial charge in [0.1, 0.15) is 0 Å². The van der Waals surface area contributed by atoms with Crippen LogP contribution in [-0.2, 0) is 10.9 Å². The molecule has 1 aliphatic heterocycles. The highest BCUT2D eigenvalue weighted by atomic mass is 32.2. The molecule has 11 heteroatoms. The second kappa shape index (κ2) is 10.4. The number of benzene rings is 3. The number of morpholine rings is 1. The van der Waals surface area contributed by atoms with Gasteiger partial charge in [0.2, 0.25) is 0 Å². The molecule has 4 rings (SSSR count). The van der Waals surface area contributed by atoms with Gasteiger partial charge in [-0.1, -0.05) is 30.0 Å². The summed E-state index contributed by atoms with van der Waals surface area (Å²) in [6.45, 7) is 1.30. The van der Waals surface area contributed by atoms with Gasteiger partial charge in [-0.3, -0.25) is 14.9 Å². The number of ether oxygens (including phenoxy) is 1. The van der Waals surface area contributed by atoms with Gasteiger partial charge in [-0.05, 0) is 42.5 Å². The first-order chi connectivity index (χ1) is 16.7. The molecule has 1 heterocycles. The number of halogens is 3. The van der Waals surface area contributed by atoms with E-state index in [-0.39, 0.29) is 22.6 Å². The van der Waals surface area contributed by atoms with E-state index in [1.807, 2.05) is 6.07 Å². The zero-order valence-corrected chi connectivity index (χ0v) is 19.1. The van der Waals surface area contributed by atoms with Crippen molar-refractivity contribution in [1.82, 2.24) is 0 Å². The molecule has 0 aromatic heterocycles. The van der Waals surface area contributed by atoms with Crippen LogP contribution in [-0.4, -0.2) is 37.1 Å². The lowest BCUT2D eigenvalue weighted by Gasteiger charge is -2.31. The minimum absolute atomic E-state index is 0.0109. The van der Waals surface area contributed by atoms with Crippen LogP contribution in [0.1, 0.15) is 15.9 Å². The van der Waals surface area contributed by atoms with Gasteiger partial charge in [-0.25, -0.2) is 0 Å². The zero-order chi connectivity index (χ0) is 25.0. The molecular formula is C24H20F3N3O4S. The molecule has 1 fully saturated rings. The summed E-state index contributed by atoms with van der Waals surface area (Å²) >= 11 is 1.17. The molecule has 3 aromatic rings. The number of nitrogens with zero attached hydrogens (tertiary/aromatic N) is 2. The third-order valence-corrected chi connectivity index (χ3v) is 6.37. The number of amides is 1. The second-order valence-corrected chi connectivity index (χ2v) is 8.75. The molecule has 0 spiro atoms. The highest BCUT2D eigenvalue weighted by Gasteiger charge is 2.35. The summed E-state index contributed by atoms with van der Waals surface area (Å²) in [7, 11) is 0. The Morgan fingerprint density at radius 3 is 2.40 bits per heavy atom. The Kier molecular flexibility index (Phi) is 7.27. The molecule has 0 aliphatic carbocycles. The first-order valence-corrected chi connectivity index (χ1v) is 11.4. The maximum atomic E-state index is 13.8. The molecular weight excluding hydrogens is 483 g/mol. The number of hydrogen-bond acceptors (Lipinski definition) is 6. The first-order valence-electron chi connectivity index (χ1n) is 10.6. The van der Waals surface area contributed by atoms with Crippen molar-refractivity contribution in [2.24, 2.45) is 0 Å². The number of rotatable bonds is 6. The quantitative estimate of drug-likeness (QED) is 0.335. The highest BCUT2D eigenvalue weighted by molar-refractivity contribution is 7.99. The van der Waals surface area contributed by atoms with E-state index in [4.69, 9.17) is 4.74 Å². The van der Waals surface area contributed by atoms with Crippen LogP contribution < -0.4 is 10.2 Å². The summed E-state index contributed by atoms with van der Waals surface area (Å²) in [5, 5.41) is 14.0. The Morgan fingerprint density at radius 1 is 1.03 bits per heavy atom. The van der Waals surface area contributed by atoms with Crippen LogP contribution in [0.15, 0.2) is 76.5 Å². The lowest BCUT2D eigenvalue weighted by atomic mass is 10.1. The van der Waals surface area contributed by atoms with Gasteiger partial charge in [-0.2, -0.15) is 13.2 Å². The minimum Gasteiger partial charge on any atom is -0.378 e. The van der Waals surface area contributed by atoms with Crippen LogP contribution in [0.4, 0.5) is 30.2 Å². The second-order valence-electron chi connectivity index (χ2n) is 7.64. The summed E-state index contributed by atoms with van der Waals surface area (Å²) < 4.78 is 46.5. The predicted octanol–water partition coefficient (Wildman–Crippen LogP) is 5.85. The Morgan fingerprint density at radius 2 is 1.74 bits per heavy atom. The SMILES string of the molecule is O=C(Nc1ccc(N2CCOCC2)c(C(F)(F)F)c1)c1ccc(Sc2ccccc2)c([N+](=O)[O-])c1. The van der Waals surface area contributed by atoms with Gasteiger partial charge in [0.15, 0.2) is 0 Å². The topological polar surface area (TPSA) is 84.7 Å². The molecule has 1 N–H and O–H groups in total. The number of alkyl halides is 3. The Bertz CT molecular complexity index is 1230. The molecule has 1 saturated heterocycles. The molecule has 0 atom stereocenters. The van der Waals surface area contributed by atoms with E-state index in [1.165, 1.54) is 36.0 Å². The van der Waals surface area contributed by atoms with Crippen molar-refractivity contribution in [3.63, 3.8) is 0 Å². The molecule has 0 bridgehead atoms. The van der Waals surface area contributed by atoms with Crippen LogP contribution in [0.5, 0.6) is 0 Å². The van der Waals surface area contributed by atoms with Crippen LogP contribution in [0, 0.1) is 10.1 Å². The van der Waals surface area contributed by atoms with Crippen molar-refractivity contribution < 1.29 is 27.6 Å². The van der Waals surface area contributed by atoms with Gasteiger partial charge in [-0.15, -0.1) is 0 Å². The highest BCUT2D eigenvalue weighted by Crippen LogP contribution is 2.39. The van der Waals surface area contributed by atoms with Crippen molar-refractivity contribution in [2.75, 3.05) is 36.5 Å². The summed E-state index contributed by atoms with van der Waals surface area (Å²) in [5.74, 6) is -0.753. The number of nitro groups is 1. The van der Waals surface area contributed by atoms with E-state index in [1.54, 1.807) is 29.2 Å². The summed E-state index contributed by atoms with van der Waals surface area (Å²) in [4.78, 5) is 26.5. The Hall–Kier alpha value is -3.57. The third-order valence-electron chi connectivity index (χ3n) is 5.30. The van der Waals surface area contributed by atoms with Crippen molar-refractivity contribution in [3.8, 4) is 0 Å². The van der Waals surface area contributed by atoms with E-state index < -0.39 is 22.6 Å². The average Bonchev–Trinajstić information content (AvgIpc) is 2.84. The van der Waals surface area contributed by atoms with Crippen molar-refractivity contribution in [2.45, 2.75) is 16.0 Å². The number of nitro benzene ring substituents is 1. The number of nitrogens with one attached hydrogen (secondary N) is 1. The molecule has 1 amide bonds. The van der Waals surface area contributed by atoms with E-state index in [2.05, 4.69) is 5.32 Å². The molecule has 182 valence electrons. The normalized spacial score (nSPS) is 14.0. The van der Waals surface area contributed by atoms with Crippen molar-refractivity contribution in [3.05, 3.63) is 88.0 Å². The lowest BCUT2D eigenvalue weighted by Crippen LogP contribution is -2.37. The number of anilines is 2. The fraction of sp³-hybridized carbons (Fsp3) is 0.208. The van der Waals surface area contributed by atoms with E-state index in [0.29, 0.717) is 31.2 Å². The molecule has 1 aliphatic rings. The van der Waals surface area contributed by atoms with E-state index in [0.717, 1.165) is 17.0 Å². The zero-order valence-electron chi connectivity index (χ0n) is 18.2. The lowest BCUT2D eigenvalue weighted by molar-refractivity contribution is -0.387. The monoisotopic (exact) mass is 503 g/mol. The standard InChI is InChI=1S/C24H20F3N3O4S/c25-24(26,27)19-15-17(7-8-20(19)29-10-12-34-13-11-29)28-23(31)16-6-9-22(21(14-16)30(32)33)35-18-4-2-1-3-5-18/h1-9,14-15H,10-13H2,(H,28,31). The van der Waals surface area contributed by atoms with Gasteiger partial charge < -0.3 is 15.0 Å². The van der Waals surface area contributed by atoms with Gasteiger partial charge >= 0.3 is 6.18 Å². The summed E-state index contributed by atoms with van der Waals surface area (Å²) in [5.41, 5.74) is -1.25. The first kappa shape index (κ1) is 24.6. The summed E-state index contributed by atoms with van der Waals surface area (Å²) in [6.07, 6.45) is -4.64. The van der Waals surface area contributed by atoms with Crippen LogP contribution in [0.2, 0.25) is 0 Å². The number of hydrogen-bond donors (Lipinski definition) is 1. The summed E-state index contributed by atoms with van der Waals surface area (Å²) in [6, 6.07) is 16.6. The van der Waals surface area contributed by atoms with Gasteiger partial charge in [0.05, 0.1) is 28.6 Å². The average molecular weight is 504 g/mol. The van der Waals surface area contributed by atoms with Crippen molar-refractivity contribution >= 4 is 34.7 Å². The molecule has 7 nitrogen and oxygen atoms in total.